The number of guanidine groups is 1. The molecule has 0 radical (unpaired) electrons. The summed E-state index contributed by atoms with van der Waals surface area (Å²) in [6.07, 6.45) is 3.54. The molecule has 1 saturated heterocycles. The molecule has 0 bridgehead atoms. The average Bonchev–Trinajstić information content (AvgIpc) is 3.07. The zero-order valence-corrected chi connectivity index (χ0v) is 12.5. The Labute approximate surface area is 128 Å². The van der Waals surface area contributed by atoms with Crippen LogP contribution in [0.2, 0.25) is 0 Å². The molecule has 3 heterocycles. The SMILES string of the molecule is NC(=NCc1ccsc1)N1CCN(c2ncccn2)CC1. The number of piperazine rings is 1. The van der Waals surface area contributed by atoms with E-state index < -0.39 is 0 Å². The van der Waals surface area contributed by atoms with E-state index in [-0.39, 0.29) is 0 Å². The van der Waals surface area contributed by atoms with E-state index in [1.807, 2.05) is 6.07 Å². The van der Waals surface area contributed by atoms with Gasteiger partial charge in [-0.2, -0.15) is 11.3 Å². The van der Waals surface area contributed by atoms with Crippen molar-refractivity contribution in [2.24, 2.45) is 10.7 Å². The lowest BCUT2D eigenvalue weighted by Crippen LogP contribution is -2.51. The highest BCUT2D eigenvalue weighted by molar-refractivity contribution is 7.07. The molecule has 1 aliphatic rings. The van der Waals surface area contributed by atoms with Gasteiger partial charge in [0.25, 0.3) is 0 Å². The van der Waals surface area contributed by atoms with Crippen molar-refractivity contribution in [2.45, 2.75) is 6.54 Å². The molecule has 3 rings (SSSR count). The summed E-state index contributed by atoms with van der Waals surface area (Å²) in [6.45, 7) is 4.06. The van der Waals surface area contributed by atoms with Crippen LogP contribution in [0.5, 0.6) is 0 Å². The Morgan fingerprint density at radius 1 is 1.24 bits per heavy atom. The van der Waals surface area contributed by atoms with Crippen molar-refractivity contribution in [1.82, 2.24) is 14.9 Å². The molecule has 2 N–H and O–H groups in total. The number of nitrogens with two attached hydrogens (primary N) is 1. The fourth-order valence-electron chi connectivity index (χ4n) is 2.24. The van der Waals surface area contributed by atoms with Crippen LogP contribution in [0.1, 0.15) is 5.56 Å². The Kier molecular flexibility index (Phi) is 4.30. The molecule has 6 nitrogen and oxygen atoms in total. The highest BCUT2D eigenvalue weighted by Gasteiger charge is 2.19. The molecule has 21 heavy (non-hydrogen) atoms. The minimum atomic E-state index is 0.620. The third kappa shape index (κ3) is 3.49. The molecule has 0 atom stereocenters. The lowest BCUT2D eigenvalue weighted by Gasteiger charge is -2.35. The molecule has 7 heteroatoms. The Bertz CT molecular complexity index is 575. The largest absolute Gasteiger partial charge is 0.370 e. The van der Waals surface area contributed by atoms with Crippen LogP contribution in [0, 0.1) is 0 Å². The highest BCUT2D eigenvalue weighted by Crippen LogP contribution is 2.10. The van der Waals surface area contributed by atoms with Gasteiger partial charge >= 0.3 is 0 Å². The maximum atomic E-state index is 6.08. The molecule has 0 aromatic carbocycles. The summed E-state index contributed by atoms with van der Waals surface area (Å²) in [7, 11) is 0. The molecule has 0 aliphatic carbocycles. The van der Waals surface area contributed by atoms with Crippen molar-refractivity contribution < 1.29 is 0 Å². The van der Waals surface area contributed by atoms with Crippen LogP contribution >= 0.6 is 11.3 Å². The van der Waals surface area contributed by atoms with Gasteiger partial charge in [-0.1, -0.05) is 0 Å². The normalized spacial score (nSPS) is 16.3. The van der Waals surface area contributed by atoms with Crippen LogP contribution in [0.3, 0.4) is 0 Å². The second-order valence-electron chi connectivity index (χ2n) is 4.83. The number of nitrogens with zero attached hydrogens (tertiary/aromatic N) is 5. The first-order valence-corrected chi connectivity index (χ1v) is 7.85. The first kappa shape index (κ1) is 13.8. The summed E-state index contributed by atoms with van der Waals surface area (Å²) >= 11 is 1.68. The molecular weight excluding hydrogens is 284 g/mol. The molecular formula is C14H18N6S. The number of hydrogen-bond acceptors (Lipinski definition) is 5. The standard InChI is InChI=1S/C14H18N6S/c15-13(18-10-12-2-9-21-11-12)19-5-7-20(8-6-19)14-16-3-1-4-17-14/h1-4,9,11H,5-8,10H2,(H2,15,18). The summed E-state index contributed by atoms with van der Waals surface area (Å²) < 4.78 is 0. The number of aliphatic imine (C=N–C) groups is 1. The molecule has 0 amide bonds. The van der Waals surface area contributed by atoms with Crippen LogP contribution < -0.4 is 10.6 Å². The monoisotopic (exact) mass is 302 g/mol. The molecule has 0 spiro atoms. The Balaban J connectivity index is 1.54. The van der Waals surface area contributed by atoms with E-state index in [2.05, 4.69) is 41.6 Å². The molecule has 1 aliphatic heterocycles. The van der Waals surface area contributed by atoms with E-state index in [4.69, 9.17) is 5.73 Å². The predicted octanol–water partition coefficient (Wildman–Crippen LogP) is 1.17. The zero-order chi connectivity index (χ0) is 14.5. The van der Waals surface area contributed by atoms with Crippen molar-refractivity contribution in [3.8, 4) is 0 Å². The van der Waals surface area contributed by atoms with Crippen molar-refractivity contribution >= 4 is 23.2 Å². The van der Waals surface area contributed by atoms with Crippen molar-refractivity contribution in [2.75, 3.05) is 31.1 Å². The van der Waals surface area contributed by atoms with Crippen LogP contribution in [-0.4, -0.2) is 47.0 Å². The summed E-state index contributed by atoms with van der Waals surface area (Å²) in [5, 5.41) is 4.15. The van der Waals surface area contributed by atoms with Crippen molar-refractivity contribution in [3.05, 3.63) is 40.8 Å². The topological polar surface area (TPSA) is 70.6 Å². The van der Waals surface area contributed by atoms with Gasteiger partial charge in [0.1, 0.15) is 0 Å². The average molecular weight is 302 g/mol. The molecule has 110 valence electrons. The second-order valence-corrected chi connectivity index (χ2v) is 5.61. The Morgan fingerprint density at radius 3 is 2.67 bits per heavy atom. The van der Waals surface area contributed by atoms with Gasteiger partial charge in [0.15, 0.2) is 5.96 Å². The number of aromatic nitrogens is 2. The van der Waals surface area contributed by atoms with Crippen LogP contribution in [-0.2, 0) is 6.54 Å². The van der Waals surface area contributed by atoms with E-state index in [0.717, 1.165) is 32.1 Å². The smallest absolute Gasteiger partial charge is 0.225 e. The zero-order valence-electron chi connectivity index (χ0n) is 11.7. The van der Waals surface area contributed by atoms with Gasteiger partial charge in [-0.25, -0.2) is 15.0 Å². The van der Waals surface area contributed by atoms with Crippen LogP contribution in [0.15, 0.2) is 40.3 Å². The number of hydrogen-bond donors (Lipinski definition) is 1. The predicted molar refractivity (Wildman–Crippen MR) is 85.5 cm³/mol. The van der Waals surface area contributed by atoms with E-state index in [0.29, 0.717) is 12.5 Å². The molecule has 0 saturated carbocycles. The van der Waals surface area contributed by atoms with Crippen LogP contribution in [0.25, 0.3) is 0 Å². The van der Waals surface area contributed by atoms with Crippen LogP contribution in [0.4, 0.5) is 5.95 Å². The first-order valence-electron chi connectivity index (χ1n) is 6.91. The Hall–Kier alpha value is -2.15. The lowest BCUT2D eigenvalue weighted by atomic mass is 10.3. The number of anilines is 1. The van der Waals surface area contributed by atoms with Crippen molar-refractivity contribution in [3.63, 3.8) is 0 Å². The van der Waals surface area contributed by atoms with Gasteiger partial charge in [-0.15, -0.1) is 0 Å². The number of rotatable bonds is 3. The Morgan fingerprint density at radius 2 is 2.00 bits per heavy atom. The minimum Gasteiger partial charge on any atom is -0.370 e. The van der Waals surface area contributed by atoms with Gasteiger partial charge in [-0.05, 0) is 28.5 Å². The lowest BCUT2D eigenvalue weighted by molar-refractivity contribution is 0.378. The molecule has 2 aromatic rings. The van der Waals surface area contributed by atoms with Gasteiger partial charge in [-0.3, -0.25) is 0 Å². The van der Waals surface area contributed by atoms with Gasteiger partial charge in [0.2, 0.25) is 5.95 Å². The number of thiophene rings is 1. The molecule has 1 fully saturated rings. The van der Waals surface area contributed by atoms with Gasteiger partial charge < -0.3 is 15.5 Å². The maximum absolute atomic E-state index is 6.08. The third-order valence-electron chi connectivity index (χ3n) is 3.44. The minimum absolute atomic E-state index is 0.620. The first-order chi connectivity index (χ1) is 10.3. The fraction of sp³-hybridized carbons (Fsp3) is 0.357. The fourth-order valence-corrected chi connectivity index (χ4v) is 2.90. The highest BCUT2D eigenvalue weighted by atomic mass is 32.1. The van der Waals surface area contributed by atoms with Gasteiger partial charge in [0, 0.05) is 38.6 Å². The molecule has 0 unspecified atom stereocenters. The summed E-state index contributed by atoms with van der Waals surface area (Å²) in [5.41, 5.74) is 7.29. The summed E-state index contributed by atoms with van der Waals surface area (Å²) in [5.74, 6) is 1.40. The summed E-state index contributed by atoms with van der Waals surface area (Å²) in [6, 6.07) is 3.90. The van der Waals surface area contributed by atoms with E-state index in [1.54, 1.807) is 23.7 Å². The summed E-state index contributed by atoms with van der Waals surface area (Å²) in [4.78, 5) is 17.3. The second kappa shape index (κ2) is 6.53. The quantitative estimate of drug-likeness (QED) is 0.681. The van der Waals surface area contributed by atoms with E-state index in [9.17, 15) is 0 Å². The van der Waals surface area contributed by atoms with Gasteiger partial charge in [0.05, 0.1) is 6.54 Å². The third-order valence-corrected chi connectivity index (χ3v) is 4.17. The molecule has 2 aromatic heterocycles. The van der Waals surface area contributed by atoms with Crippen molar-refractivity contribution in [1.29, 1.82) is 0 Å². The van der Waals surface area contributed by atoms with E-state index in [1.165, 1.54) is 5.56 Å². The van der Waals surface area contributed by atoms with E-state index >= 15 is 0 Å². The maximum Gasteiger partial charge on any atom is 0.225 e.